The Hall–Kier alpha value is -0.386. The number of aryl methyl sites for hydroxylation is 1. The van der Waals surface area contributed by atoms with Gasteiger partial charge in [0.15, 0.2) is 16.6 Å². The number of rotatable bonds is 10. The van der Waals surface area contributed by atoms with E-state index < -0.39 is 16.6 Å². The lowest BCUT2D eigenvalue weighted by molar-refractivity contribution is 0.506. The first kappa shape index (κ1) is 18.7. The van der Waals surface area contributed by atoms with Gasteiger partial charge < -0.3 is 4.12 Å². The van der Waals surface area contributed by atoms with Crippen LogP contribution in [0.25, 0.3) is 0 Å². The molecular formula is C18H34OSi2. The Labute approximate surface area is 134 Å². The van der Waals surface area contributed by atoms with Crippen molar-refractivity contribution in [1.29, 1.82) is 0 Å². The van der Waals surface area contributed by atoms with E-state index in [2.05, 4.69) is 65.0 Å². The largest absolute Gasteiger partial charge is 0.455 e. The van der Waals surface area contributed by atoms with Crippen molar-refractivity contribution < 1.29 is 4.12 Å². The van der Waals surface area contributed by atoms with Gasteiger partial charge in [-0.05, 0) is 48.2 Å². The maximum absolute atomic E-state index is 7.07. The van der Waals surface area contributed by atoms with Crippen LogP contribution in [0.3, 0.4) is 0 Å². The van der Waals surface area contributed by atoms with Crippen molar-refractivity contribution >= 4 is 16.6 Å². The van der Waals surface area contributed by atoms with Gasteiger partial charge in [0.05, 0.1) is 0 Å². The van der Waals surface area contributed by atoms with E-state index in [9.17, 15) is 0 Å². The summed E-state index contributed by atoms with van der Waals surface area (Å²) in [4.78, 5) is 0. The van der Waals surface area contributed by atoms with E-state index in [1.165, 1.54) is 48.2 Å². The Kier molecular flexibility index (Phi) is 7.92. The van der Waals surface area contributed by atoms with Crippen molar-refractivity contribution in [3.8, 4) is 0 Å². The first-order valence-corrected chi connectivity index (χ1v) is 13.9. The minimum atomic E-state index is -1.56. The molecule has 0 atom stereocenters. The molecular weight excluding hydrogens is 288 g/mol. The van der Waals surface area contributed by atoms with Crippen LogP contribution >= 0.6 is 0 Å². The van der Waals surface area contributed by atoms with Crippen molar-refractivity contribution in [2.24, 2.45) is 0 Å². The van der Waals surface area contributed by atoms with Crippen molar-refractivity contribution in [3.05, 3.63) is 35.9 Å². The summed E-state index contributed by atoms with van der Waals surface area (Å²) in [5, 5.41) is 0. The van der Waals surface area contributed by atoms with Crippen LogP contribution in [0.4, 0.5) is 0 Å². The fourth-order valence-corrected chi connectivity index (χ4v) is 13.7. The monoisotopic (exact) mass is 322 g/mol. The fourth-order valence-electron chi connectivity index (χ4n) is 3.24. The van der Waals surface area contributed by atoms with Gasteiger partial charge in [-0.3, -0.25) is 0 Å². The zero-order chi connectivity index (χ0) is 15.8. The van der Waals surface area contributed by atoms with Gasteiger partial charge in [-0.25, -0.2) is 0 Å². The SMILES string of the molecule is CC[Si](CC)(CC)O[Si](CC)(CC)CCc1ccccc1. The second kappa shape index (κ2) is 8.91. The molecule has 1 aromatic rings. The molecule has 0 saturated carbocycles. The van der Waals surface area contributed by atoms with Gasteiger partial charge >= 0.3 is 0 Å². The Morgan fingerprint density at radius 1 is 0.714 bits per heavy atom. The molecule has 0 saturated heterocycles. The highest BCUT2D eigenvalue weighted by Crippen LogP contribution is 2.33. The van der Waals surface area contributed by atoms with Crippen LogP contribution in [-0.4, -0.2) is 16.6 Å². The molecule has 0 amide bonds. The van der Waals surface area contributed by atoms with Crippen molar-refractivity contribution in [3.63, 3.8) is 0 Å². The second-order valence-corrected chi connectivity index (χ2v) is 15.8. The van der Waals surface area contributed by atoms with E-state index >= 15 is 0 Å². The summed E-state index contributed by atoms with van der Waals surface area (Å²) in [6.45, 7) is 11.8. The molecule has 0 radical (unpaired) electrons. The molecule has 0 heterocycles. The molecule has 21 heavy (non-hydrogen) atoms. The standard InChI is InChI=1S/C18H34OSi2/c1-6-20(7-2,8-3)19-21(9-4,10-5)17-16-18-14-12-11-13-15-18/h11-15H,6-10,16-17H2,1-5H3. The molecule has 3 heteroatoms. The average Bonchev–Trinajstić information content (AvgIpc) is 2.57. The van der Waals surface area contributed by atoms with E-state index in [0.29, 0.717) is 0 Å². The van der Waals surface area contributed by atoms with Gasteiger partial charge in [0, 0.05) is 0 Å². The van der Waals surface area contributed by atoms with Crippen LogP contribution in [-0.2, 0) is 10.5 Å². The van der Waals surface area contributed by atoms with Gasteiger partial charge in [0.1, 0.15) is 0 Å². The molecule has 0 fully saturated rings. The summed E-state index contributed by atoms with van der Waals surface area (Å²) in [6.07, 6.45) is 1.19. The van der Waals surface area contributed by atoms with E-state index in [4.69, 9.17) is 4.12 Å². The Morgan fingerprint density at radius 2 is 1.19 bits per heavy atom. The minimum absolute atomic E-state index is 1.19. The smallest absolute Gasteiger partial charge is 0.179 e. The van der Waals surface area contributed by atoms with Crippen LogP contribution in [0.15, 0.2) is 30.3 Å². The van der Waals surface area contributed by atoms with E-state index in [1.54, 1.807) is 0 Å². The predicted molar refractivity (Wildman–Crippen MR) is 100.0 cm³/mol. The fraction of sp³-hybridized carbons (Fsp3) is 0.667. The summed E-state index contributed by atoms with van der Waals surface area (Å²) in [7, 11) is -3.03. The van der Waals surface area contributed by atoms with E-state index in [-0.39, 0.29) is 0 Å². The summed E-state index contributed by atoms with van der Waals surface area (Å²) in [5.74, 6) is 0. The Balaban J connectivity index is 2.82. The van der Waals surface area contributed by atoms with Crippen LogP contribution < -0.4 is 0 Å². The topological polar surface area (TPSA) is 9.23 Å². The van der Waals surface area contributed by atoms with E-state index in [0.717, 1.165) is 0 Å². The predicted octanol–water partition coefficient (Wildman–Crippen LogP) is 6.24. The van der Waals surface area contributed by atoms with Crippen LogP contribution in [0.1, 0.15) is 40.2 Å². The Bertz CT molecular complexity index is 375. The molecule has 1 nitrogen and oxygen atoms in total. The first-order chi connectivity index (χ1) is 10.1. The molecule has 120 valence electrons. The molecule has 0 aromatic heterocycles. The van der Waals surface area contributed by atoms with Crippen LogP contribution in [0.5, 0.6) is 0 Å². The van der Waals surface area contributed by atoms with Crippen molar-refractivity contribution in [2.75, 3.05) is 0 Å². The molecule has 1 aromatic carbocycles. The van der Waals surface area contributed by atoms with Gasteiger partial charge in [0.25, 0.3) is 0 Å². The highest BCUT2D eigenvalue weighted by Gasteiger charge is 2.40. The lowest BCUT2D eigenvalue weighted by Gasteiger charge is -2.41. The second-order valence-electron chi connectivity index (χ2n) is 6.22. The van der Waals surface area contributed by atoms with E-state index in [1.807, 2.05) is 0 Å². The molecule has 0 bridgehead atoms. The van der Waals surface area contributed by atoms with Crippen LogP contribution in [0, 0.1) is 0 Å². The zero-order valence-corrected chi connectivity index (χ0v) is 16.7. The summed E-state index contributed by atoms with van der Waals surface area (Å²) < 4.78 is 7.07. The third-order valence-corrected chi connectivity index (χ3v) is 16.4. The Morgan fingerprint density at radius 3 is 1.62 bits per heavy atom. The molecule has 0 spiro atoms. The van der Waals surface area contributed by atoms with Gasteiger partial charge in [-0.2, -0.15) is 0 Å². The van der Waals surface area contributed by atoms with Crippen molar-refractivity contribution in [2.45, 2.75) is 77.3 Å². The molecule has 0 unspecified atom stereocenters. The third-order valence-electron chi connectivity index (χ3n) is 5.37. The molecule has 0 aliphatic rings. The minimum Gasteiger partial charge on any atom is -0.455 e. The molecule has 0 N–H and O–H groups in total. The van der Waals surface area contributed by atoms with Crippen LogP contribution in [0.2, 0.25) is 36.3 Å². The lowest BCUT2D eigenvalue weighted by atomic mass is 10.2. The highest BCUT2D eigenvalue weighted by molar-refractivity contribution is 6.87. The maximum Gasteiger partial charge on any atom is 0.179 e. The summed E-state index contributed by atoms with van der Waals surface area (Å²) in [5.41, 5.74) is 1.47. The molecule has 0 aliphatic heterocycles. The first-order valence-electron chi connectivity index (χ1n) is 8.83. The summed E-state index contributed by atoms with van der Waals surface area (Å²) in [6, 6.07) is 18.6. The number of hydrogen-bond donors (Lipinski definition) is 0. The normalized spacial score (nSPS) is 12.6. The summed E-state index contributed by atoms with van der Waals surface area (Å²) >= 11 is 0. The van der Waals surface area contributed by atoms with Gasteiger partial charge in [0.2, 0.25) is 0 Å². The lowest BCUT2D eigenvalue weighted by Crippen LogP contribution is -2.50. The molecule has 1 rings (SSSR count). The average molecular weight is 323 g/mol. The highest BCUT2D eigenvalue weighted by atomic mass is 28.4. The van der Waals surface area contributed by atoms with Gasteiger partial charge in [-0.15, -0.1) is 0 Å². The molecule has 0 aliphatic carbocycles. The third kappa shape index (κ3) is 5.08. The van der Waals surface area contributed by atoms with Gasteiger partial charge in [-0.1, -0.05) is 65.0 Å². The zero-order valence-electron chi connectivity index (χ0n) is 14.7. The number of benzene rings is 1. The van der Waals surface area contributed by atoms with Crippen molar-refractivity contribution in [1.82, 2.24) is 0 Å². The maximum atomic E-state index is 7.07. The quantitative estimate of drug-likeness (QED) is 0.463. The number of hydrogen-bond acceptors (Lipinski definition) is 1.